The first-order valence-corrected chi connectivity index (χ1v) is 16.6. The molecule has 3 aromatic rings. The van der Waals surface area contributed by atoms with Crippen LogP contribution < -0.4 is 4.90 Å². The summed E-state index contributed by atoms with van der Waals surface area (Å²) in [7, 11) is -3.61. The van der Waals surface area contributed by atoms with Crippen LogP contribution in [0.2, 0.25) is 0 Å². The highest BCUT2D eigenvalue weighted by Gasteiger charge is 2.32. The Morgan fingerprint density at radius 2 is 1.77 bits per heavy atom. The molecule has 1 aromatic heterocycles. The summed E-state index contributed by atoms with van der Waals surface area (Å²) >= 11 is 1.53. The molecular weight excluding hydrogens is 544 g/mol. The number of hydrogen-bond acceptors (Lipinski definition) is 7. The first-order chi connectivity index (χ1) is 19.3. The van der Waals surface area contributed by atoms with Crippen LogP contribution in [0.25, 0.3) is 10.2 Å². The average Bonchev–Trinajstić information content (AvgIpc) is 3.39. The Bertz CT molecular complexity index is 1410. The number of aryl methyl sites for hydroxylation is 1. The van der Waals surface area contributed by atoms with E-state index in [-0.39, 0.29) is 10.8 Å². The summed E-state index contributed by atoms with van der Waals surface area (Å²) in [6.45, 7) is 12.1. The van der Waals surface area contributed by atoms with Gasteiger partial charge >= 0.3 is 0 Å². The number of sulfonamides is 1. The Hall–Kier alpha value is -2.37. The highest BCUT2D eigenvalue weighted by molar-refractivity contribution is 7.89. The summed E-state index contributed by atoms with van der Waals surface area (Å²) < 4.78 is 34.9. The van der Waals surface area contributed by atoms with Crippen LogP contribution in [0.3, 0.4) is 0 Å². The summed E-state index contributed by atoms with van der Waals surface area (Å²) in [5.74, 6) is 0.489. The number of thiazole rings is 1. The van der Waals surface area contributed by atoms with Crippen molar-refractivity contribution >= 4 is 42.6 Å². The molecule has 2 aromatic carbocycles. The maximum absolute atomic E-state index is 13.9. The van der Waals surface area contributed by atoms with Crippen molar-refractivity contribution < 1.29 is 17.9 Å². The Morgan fingerprint density at radius 3 is 2.45 bits per heavy atom. The second-order valence-corrected chi connectivity index (χ2v) is 14.1. The third kappa shape index (κ3) is 6.41. The average molecular weight is 585 g/mol. The van der Waals surface area contributed by atoms with Crippen molar-refractivity contribution in [3.8, 4) is 0 Å². The van der Waals surface area contributed by atoms with Crippen molar-refractivity contribution in [3.63, 3.8) is 0 Å². The van der Waals surface area contributed by atoms with Gasteiger partial charge in [0.2, 0.25) is 10.0 Å². The number of carbonyl (C=O) groups is 1. The third-order valence-corrected chi connectivity index (χ3v) is 10.8. The topological polar surface area (TPSA) is 83.0 Å². The summed E-state index contributed by atoms with van der Waals surface area (Å²) in [5, 5.41) is 0.677. The van der Waals surface area contributed by atoms with E-state index in [9.17, 15) is 13.2 Å². The van der Waals surface area contributed by atoms with E-state index in [0.29, 0.717) is 42.2 Å². The Morgan fingerprint density at radius 1 is 1.07 bits per heavy atom. The number of fused-ring (bicyclic) bond motifs is 1. The second kappa shape index (κ2) is 12.7. The zero-order chi connectivity index (χ0) is 28.3. The Labute approximate surface area is 242 Å². The van der Waals surface area contributed by atoms with Crippen LogP contribution in [0, 0.1) is 11.8 Å². The zero-order valence-electron chi connectivity index (χ0n) is 23.7. The summed E-state index contributed by atoms with van der Waals surface area (Å²) in [6, 6.07) is 12.6. The van der Waals surface area contributed by atoms with Gasteiger partial charge in [-0.1, -0.05) is 44.2 Å². The van der Waals surface area contributed by atoms with Crippen LogP contribution >= 0.6 is 11.3 Å². The molecule has 0 aliphatic carbocycles. The van der Waals surface area contributed by atoms with E-state index < -0.39 is 10.0 Å². The predicted octanol–water partition coefficient (Wildman–Crippen LogP) is 4.89. The molecule has 2 atom stereocenters. The molecule has 0 N–H and O–H groups in total. The minimum atomic E-state index is -3.61. The number of para-hydroxylation sites is 1. The molecule has 5 rings (SSSR count). The first-order valence-electron chi connectivity index (χ1n) is 14.4. The molecule has 40 heavy (non-hydrogen) atoms. The molecular formula is C30H40N4O4S2. The number of ether oxygens (including phenoxy) is 1. The van der Waals surface area contributed by atoms with Gasteiger partial charge in [-0.15, -0.1) is 0 Å². The van der Waals surface area contributed by atoms with Gasteiger partial charge in [0, 0.05) is 44.8 Å². The minimum Gasteiger partial charge on any atom is -0.379 e. The molecule has 0 radical (unpaired) electrons. The monoisotopic (exact) mass is 584 g/mol. The standard InChI is InChI=1S/C30H40N4O4S2/c1-4-24-7-5-8-27-28(24)31-30(39-27)34(14-6-13-32-15-17-38-18-16-32)29(35)25-9-11-26(12-10-25)40(36,37)33-20-22(2)19-23(3)21-33/h5,7-12,22-23H,4,6,13-21H2,1-3H3. The number of amides is 1. The lowest BCUT2D eigenvalue weighted by Crippen LogP contribution is -2.42. The summed E-state index contributed by atoms with van der Waals surface area (Å²) in [6.07, 6.45) is 2.71. The minimum absolute atomic E-state index is 0.164. The number of hydrogen-bond donors (Lipinski definition) is 0. The van der Waals surface area contributed by atoms with Crippen LogP contribution in [0.4, 0.5) is 5.13 Å². The number of anilines is 1. The van der Waals surface area contributed by atoms with Crippen molar-refractivity contribution in [3.05, 3.63) is 53.6 Å². The van der Waals surface area contributed by atoms with Crippen LogP contribution in [-0.4, -0.2) is 81.0 Å². The van der Waals surface area contributed by atoms with E-state index in [4.69, 9.17) is 9.72 Å². The lowest BCUT2D eigenvalue weighted by molar-refractivity contribution is 0.0376. The van der Waals surface area contributed by atoms with E-state index in [0.717, 1.165) is 67.9 Å². The normalized spacial score (nSPS) is 21.1. The molecule has 10 heteroatoms. The summed E-state index contributed by atoms with van der Waals surface area (Å²) in [5.41, 5.74) is 2.57. The van der Waals surface area contributed by atoms with E-state index >= 15 is 0 Å². The van der Waals surface area contributed by atoms with Gasteiger partial charge in [0.05, 0.1) is 28.3 Å². The first kappa shape index (κ1) is 29.1. The number of aromatic nitrogens is 1. The van der Waals surface area contributed by atoms with Gasteiger partial charge in [-0.2, -0.15) is 4.31 Å². The van der Waals surface area contributed by atoms with Crippen LogP contribution in [0.5, 0.6) is 0 Å². The van der Waals surface area contributed by atoms with Gasteiger partial charge in [-0.3, -0.25) is 14.6 Å². The molecule has 2 unspecified atom stereocenters. The van der Waals surface area contributed by atoms with Gasteiger partial charge in [0.25, 0.3) is 5.91 Å². The largest absolute Gasteiger partial charge is 0.379 e. The molecule has 216 valence electrons. The van der Waals surface area contributed by atoms with Crippen molar-refractivity contribution in [2.24, 2.45) is 11.8 Å². The molecule has 2 aliphatic rings. The maximum atomic E-state index is 13.9. The van der Waals surface area contributed by atoms with Gasteiger partial charge in [-0.25, -0.2) is 13.4 Å². The number of nitrogens with zero attached hydrogens (tertiary/aromatic N) is 4. The molecule has 2 aliphatic heterocycles. The second-order valence-electron chi connectivity index (χ2n) is 11.2. The van der Waals surface area contributed by atoms with Crippen LogP contribution in [0.1, 0.15) is 49.5 Å². The van der Waals surface area contributed by atoms with E-state index in [2.05, 4.69) is 31.7 Å². The van der Waals surface area contributed by atoms with Crippen LogP contribution in [-0.2, 0) is 21.2 Å². The van der Waals surface area contributed by atoms with Gasteiger partial charge in [0.1, 0.15) is 0 Å². The number of morpholine rings is 1. The smallest absolute Gasteiger partial charge is 0.260 e. The quantitative estimate of drug-likeness (QED) is 0.356. The Kier molecular flexibility index (Phi) is 9.21. The fourth-order valence-corrected chi connectivity index (χ4v) is 8.55. The van der Waals surface area contributed by atoms with Gasteiger partial charge in [-0.05, 0) is 67.0 Å². The molecule has 2 saturated heterocycles. The molecule has 0 spiro atoms. The maximum Gasteiger partial charge on any atom is 0.260 e. The molecule has 8 nitrogen and oxygen atoms in total. The molecule has 3 heterocycles. The highest BCUT2D eigenvalue weighted by atomic mass is 32.2. The van der Waals surface area contributed by atoms with Crippen LogP contribution in [0.15, 0.2) is 47.4 Å². The highest BCUT2D eigenvalue weighted by Crippen LogP contribution is 2.32. The fraction of sp³-hybridized carbons (Fsp3) is 0.533. The molecule has 2 fully saturated rings. The molecule has 1 amide bonds. The number of rotatable bonds is 9. The Balaban J connectivity index is 1.38. The van der Waals surface area contributed by atoms with E-state index in [1.807, 2.05) is 12.1 Å². The van der Waals surface area contributed by atoms with Crippen molar-refractivity contribution in [2.75, 3.05) is 57.4 Å². The predicted molar refractivity (Wildman–Crippen MR) is 161 cm³/mol. The van der Waals surface area contributed by atoms with Crippen molar-refractivity contribution in [1.29, 1.82) is 0 Å². The lowest BCUT2D eigenvalue weighted by atomic mass is 9.94. The van der Waals surface area contributed by atoms with Gasteiger partial charge < -0.3 is 4.74 Å². The number of carbonyl (C=O) groups excluding carboxylic acids is 1. The fourth-order valence-electron chi connectivity index (χ4n) is 5.83. The molecule has 0 saturated carbocycles. The number of piperidine rings is 1. The SMILES string of the molecule is CCc1cccc2sc(N(CCCN3CCOCC3)C(=O)c3ccc(S(=O)(=O)N4CC(C)CC(C)C4)cc3)nc12. The van der Waals surface area contributed by atoms with Crippen molar-refractivity contribution in [1.82, 2.24) is 14.2 Å². The zero-order valence-corrected chi connectivity index (χ0v) is 25.3. The van der Waals surface area contributed by atoms with Gasteiger partial charge in [0.15, 0.2) is 5.13 Å². The lowest BCUT2D eigenvalue weighted by Gasteiger charge is -2.34. The third-order valence-electron chi connectivity index (χ3n) is 7.88. The van der Waals surface area contributed by atoms with E-state index in [1.54, 1.807) is 33.5 Å². The summed E-state index contributed by atoms with van der Waals surface area (Å²) in [4.78, 5) is 23.2. The van der Waals surface area contributed by atoms with Crippen molar-refractivity contribution in [2.45, 2.75) is 44.9 Å². The molecule has 0 bridgehead atoms. The number of benzene rings is 2. The van der Waals surface area contributed by atoms with E-state index in [1.165, 1.54) is 11.3 Å².